The van der Waals surface area contributed by atoms with Crippen LogP contribution in [-0.2, 0) is 4.79 Å². The first-order valence-electron chi connectivity index (χ1n) is 7.41. The third-order valence-electron chi connectivity index (χ3n) is 3.72. The standard InChI is InChI=1S/C17H15Cl2N3O2/c18-13-7-4-8-14(16(13)19)20-15(23)11-21-9-10-22(17(21)24)12-5-2-1-3-6-12/h1-8H,9-11H2,(H,20,23). The molecule has 1 fully saturated rings. The number of amides is 3. The molecule has 0 aliphatic carbocycles. The van der Waals surface area contributed by atoms with Gasteiger partial charge in [0.05, 0.1) is 15.7 Å². The first-order chi connectivity index (χ1) is 11.6. The van der Waals surface area contributed by atoms with Gasteiger partial charge in [-0.25, -0.2) is 4.79 Å². The number of hydrogen-bond donors (Lipinski definition) is 1. The maximum atomic E-state index is 12.4. The van der Waals surface area contributed by atoms with Crippen LogP contribution in [0.15, 0.2) is 48.5 Å². The van der Waals surface area contributed by atoms with Gasteiger partial charge in [0.25, 0.3) is 0 Å². The summed E-state index contributed by atoms with van der Waals surface area (Å²) in [6.45, 7) is 1.00. The van der Waals surface area contributed by atoms with Gasteiger partial charge in [-0.1, -0.05) is 47.5 Å². The molecule has 0 unspecified atom stereocenters. The van der Waals surface area contributed by atoms with Crippen molar-refractivity contribution in [2.24, 2.45) is 0 Å². The van der Waals surface area contributed by atoms with E-state index in [1.807, 2.05) is 30.3 Å². The minimum atomic E-state index is -0.317. The van der Waals surface area contributed by atoms with Crippen molar-refractivity contribution < 1.29 is 9.59 Å². The normalized spacial score (nSPS) is 14.2. The molecule has 1 heterocycles. The lowest BCUT2D eigenvalue weighted by molar-refractivity contribution is -0.116. The van der Waals surface area contributed by atoms with Crippen LogP contribution in [0.3, 0.4) is 0 Å². The van der Waals surface area contributed by atoms with E-state index in [1.54, 1.807) is 23.1 Å². The van der Waals surface area contributed by atoms with E-state index < -0.39 is 0 Å². The van der Waals surface area contributed by atoms with Crippen molar-refractivity contribution in [3.63, 3.8) is 0 Å². The Morgan fingerprint density at radius 1 is 1.04 bits per heavy atom. The van der Waals surface area contributed by atoms with Crippen molar-refractivity contribution in [2.45, 2.75) is 0 Å². The van der Waals surface area contributed by atoms with Gasteiger partial charge in [-0.15, -0.1) is 0 Å². The van der Waals surface area contributed by atoms with Gasteiger partial charge in [0, 0.05) is 18.8 Å². The molecule has 1 N–H and O–H groups in total. The molecule has 3 amide bonds. The number of nitrogens with one attached hydrogen (secondary N) is 1. The first-order valence-corrected chi connectivity index (χ1v) is 8.17. The van der Waals surface area contributed by atoms with E-state index in [1.165, 1.54) is 4.90 Å². The lowest BCUT2D eigenvalue weighted by Gasteiger charge is -2.18. The fourth-order valence-electron chi connectivity index (χ4n) is 2.54. The molecular formula is C17H15Cl2N3O2. The van der Waals surface area contributed by atoms with Crippen LogP contribution in [0, 0.1) is 0 Å². The highest BCUT2D eigenvalue weighted by atomic mass is 35.5. The molecule has 124 valence electrons. The Bertz CT molecular complexity index is 768. The minimum Gasteiger partial charge on any atom is -0.323 e. The Labute approximate surface area is 149 Å². The van der Waals surface area contributed by atoms with E-state index in [-0.39, 0.29) is 23.5 Å². The fourth-order valence-corrected chi connectivity index (χ4v) is 2.89. The summed E-state index contributed by atoms with van der Waals surface area (Å²) >= 11 is 12.0. The highest BCUT2D eigenvalue weighted by Crippen LogP contribution is 2.29. The summed E-state index contributed by atoms with van der Waals surface area (Å²) in [6, 6.07) is 14.2. The molecule has 24 heavy (non-hydrogen) atoms. The van der Waals surface area contributed by atoms with E-state index in [0.29, 0.717) is 23.8 Å². The summed E-state index contributed by atoms with van der Waals surface area (Å²) in [5, 5.41) is 3.33. The summed E-state index contributed by atoms with van der Waals surface area (Å²) in [7, 11) is 0. The molecular weight excluding hydrogens is 349 g/mol. The molecule has 1 saturated heterocycles. The summed E-state index contributed by atoms with van der Waals surface area (Å²) in [5.41, 5.74) is 1.25. The van der Waals surface area contributed by atoms with Crippen LogP contribution in [0.1, 0.15) is 0 Å². The average molecular weight is 364 g/mol. The third-order valence-corrected chi connectivity index (χ3v) is 4.54. The Balaban J connectivity index is 1.63. The maximum Gasteiger partial charge on any atom is 0.325 e. The highest BCUT2D eigenvalue weighted by Gasteiger charge is 2.30. The van der Waals surface area contributed by atoms with Gasteiger partial charge in [-0.2, -0.15) is 0 Å². The minimum absolute atomic E-state index is 0.0367. The largest absolute Gasteiger partial charge is 0.325 e. The molecule has 0 atom stereocenters. The molecule has 0 radical (unpaired) electrons. The second-order valence-electron chi connectivity index (χ2n) is 5.34. The van der Waals surface area contributed by atoms with Crippen LogP contribution in [-0.4, -0.2) is 36.5 Å². The molecule has 1 aliphatic rings. The van der Waals surface area contributed by atoms with Crippen molar-refractivity contribution >= 4 is 46.5 Å². The van der Waals surface area contributed by atoms with Crippen LogP contribution in [0.5, 0.6) is 0 Å². The van der Waals surface area contributed by atoms with E-state index in [2.05, 4.69) is 5.32 Å². The number of carbonyl (C=O) groups is 2. The molecule has 0 aromatic heterocycles. The first kappa shape index (κ1) is 16.6. The van der Waals surface area contributed by atoms with E-state index in [4.69, 9.17) is 23.2 Å². The lowest BCUT2D eigenvalue weighted by Crippen LogP contribution is -2.37. The summed E-state index contributed by atoms with van der Waals surface area (Å²) in [5.74, 6) is -0.317. The van der Waals surface area contributed by atoms with Crippen LogP contribution in [0.4, 0.5) is 16.2 Å². The van der Waals surface area contributed by atoms with Gasteiger partial charge in [0.15, 0.2) is 0 Å². The lowest BCUT2D eigenvalue weighted by atomic mass is 10.3. The Kier molecular flexibility index (Phi) is 4.92. The zero-order valence-corrected chi connectivity index (χ0v) is 14.2. The zero-order valence-electron chi connectivity index (χ0n) is 12.7. The summed E-state index contributed by atoms with van der Waals surface area (Å²) < 4.78 is 0. The van der Waals surface area contributed by atoms with Crippen molar-refractivity contribution in [1.29, 1.82) is 0 Å². The number of hydrogen-bond acceptors (Lipinski definition) is 2. The predicted molar refractivity (Wildman–Crippen MR) is 95.8 cm³/mol. The van der Waals surface area contributed by atoms with Crippen molar-refractivity contribution in [3.8, 4) is 0 Å². The molecule has 1 aliphatic heterocycles. The third kappa shape index (κ3) is 3.47. The second-order valence-corrected chi connectivity index (χ2v) is 6.13. The van der Waals surface area contributed by atoms with Crippen molar-refractivity contribution in [2.75, 3.05) is 29.9 Å². The summed E-state index contributed by atoms with van der Waals surface area (Å²) in [4.78, 5) is 27.8. The van der Waals surface area contributed by atoms with Gasteiger partial charge in [0.2, 0.25) is 5.91 Å². The molecule has 0 bridgehead atoms. The molecule has 7 heteroatoms. The quantitative estimate of drug-likeness (QED) is 0.895. The average Bonchev–Trinajstić information content (AvgIpc) is 2.93. The Hall–Kier alpha value is -2.24. The van der Waals surface area contributed by atoms with Crippen LogP contribution < -0.4 is 10.2 Å². The molecule has 0 spiro atoms. The summed E-state index contributed by atoms with van der Waals surface area (Å²) in [6.07, 6.45) is 0. The van der Waals surface area contributed by atoms with Crippen LogP contribution >= 0.6 is 23.2 Å². The second kappa shape index (κ2) is 7.11. The van der Waals surface area contributed by atoms with Crippen LogP contribution in [0.2, 0.25) is 10.0 Å². The van der Waals surface area contributed by atoms with Gasteiger partial charge >= 0.3 is 6.03 Å². The highest BCUT2D eigenvalue weighted by molar-refractivity contribution is 6.44. The van der Waals surface area contributed by atoms with E-state index >= 15 is 0 Å². The maximum absolute atomic E-state index is 12.4. The number of para-hydroxylation sites is 1. The fraction of sp³-hybridized carbons (Fsp3) is 0.176. The number of urea groups is 1. The van der Waals surface area contributed by atoms with Gasteiger partial charge in [-0.05, 0) is 24.3 Å². The van der Waals surface area contributed by atoms with Crippen LogP contribution in [0.25, 0.3) is 0 Å². The molecule has 0 saturated carbocycles. The molecule has 5 nitrogen and oxygen atoms in total. The molecule has 2 aromatic rings. The number of nitrogens with zero attached hydrogens (tertiary/aromatic N) is 2. The number of benzene rings is 2. The smallest absolute Gasteiger partial charge is 0.323 e. The SMILES string of the molecule is O=C(CN1CCN(c2ccccc2)C1=O)Nc1cccc(Cl)c1Cl. The molecule has 2 aromatic carbocycles. The molecule has 3 rings (SSSR count). The van der Waals surface area contributed by atoms with E-state index in [0.717, 1.165) is 5.69 Å². The topological polar surface area (TPSA) is 52.7 Å². The number of rotatable bonds is 4. The zero-order chi connectivity index (χ0) is 17.1. The number of carbonyl (C=O) groups excluding carboxylic acids is 2. The van der Waals surface area contributed by atoms with Crippen molar-refractivity contribution in [3.05, 3.63) is 58.6 Å². The van der Waals surface area contributed by atoms with Gasteiger partial charge in [0.1, 0.15) is 6.54 Å². The van der Waals surface area contributed by atoms with Crippen molar-refractivity contribution in [1.82, 2.24) is 4.90 Å². The van der Waals surface area contributed by atoms with Gasteiger partial charge in [-0.3, -0.25) is 9.69 Å². The number of anilines is 2. The monoisotopic (exact) mass is 363 g/mol. The number of halogens is 2. The Morgan fingerprint density at radius 3 is 2.54 bits per heavy atom. The Morgan fingerprint density at radius 2 is 1.79 bits per heavy atom. The van der Waals surface area contributed by atoms with Gasteiger partial charge < -0.3 is 10.2 Å². The predicted octanol–water partition coefficient (Wildman–Crippen LogP) is 3.87. The van der Waals surface area contributed by atoms with E-state index in [9.17, 15) is 9.59 Å².